The van der Waals surface area contributed by atoms with E-state index in [9.17, 15) is 4.79 Å². The Morgan fingerprint density at radius 3 is 2.79 bits per heavy atom. The van der Waals surface area contributed by atoms with Gasteiger partial charge in [-0.2, -0.15) is 0 Å². The predicted octanol–water partition coefficient (Wildman–Crippen LogP) is 0.409. The molecule has 14 heavy (non-hydrogen) atoms. The normalized spacial score (nSPS) is 19.6. The lowest BCUT2D eigenvalue weighted by atomic mass is 10.2. The number of carbonyl (C=O) groups is 1. The second kappa shape index (κ2) is 5.98. The molecule has 1 rings (SSSR count). The monoisotopic (exact) mass is 200 g/mol. The molecule has 82 valence electrons. The smallest absolute Gasteiger partial charge is 0.249 e. The molecule has 4 nitrogen and oxygen atoms in total. The zero-order valence-electron chi connectivity index (χ0n) is 8.79. The van der Waals surface area contributed by atoms with Crippen LogP contribution in [-0.2, 0) is 9.53 Å². The summed E-state index contributed by atoms with van der Waals surface area (Å²) in [5.74, 6) is -0.00894. The Morgan fingerprint density at radius 2 is 2.21 bits per heavy atom. The quantitative estimate of drug-likeness (QED) is 0.675. The van der Waals surface area contributed by atoms with Crippen LogP contribution in [0.3, 0.4) is 0 Å². The van der Waals surface area contributed by atoms with Crippen LogP contribution in [-0.4, -0.2) is 31.2 Å². The van der Waals surface area contributed by atoms with E-state index in [0.29, 0.717) is 19.2 Å². The van der Waals surface area contributed by atoms with E-state index in [-0.39, 0.29) is 12.0 Å². The second-order valence-corrected chi connectivity index (χ2v) is 3.79. The zero-order valence-corrected chi connectivity index (χ0v) is 8.79. The fourth-order valence-electron chi connectivity index (χ4n) is 1.71. The Bertz CT molecular complexity index is 179. The van der Waals surface area contributed by atoms with E-state index in [2.05, 4.69) is 5.32 Å². The van der Waals surface area contributed by atoms with Gasteiger partial charge < -0.3 is 15.8 Å². The summed E-state index contributed by atoms with van der Waals surface area (Å²) < 4.78 is 5.23. The van der Waals surface area contributed by atoms with E-state index >= 15 is 0 Å². The summed E-state index contributed by atoms with van der Waals surface area (Å²) in [5.41, 5.74) is 5.28. The number of nitrogens with one attached hydrogen (secondary N) is 1. The number of hydrogen-bond donors (Lipinski definition) is 2. The van der Waals surface area contributed by atoms with Crippen molar-refractivity contribution >= 4 is 5.91 Å². The number of carbonyl (C=O) groups excluding carboxylic acids is 1. The summed E-state index contributed by atoms with van der Waals surface area (Å²) in [7, 11) is 0. The van der Waals surface area contributed by atoms with Gasteiger partial charge in [0.15, 0.2) is 0 Å². The molecule has 3 N–H and O–H groups in total. The SMILES string of the molecule is CC(OCCN)C(=O)NC1CCCC1. The molecule has 0 heterocycles. The van der Waals surface area contributed by atoms with Crippen molar-refractivity contribution in [2.75, 3.05) is 13.2 Å². The summed E-state index contributed by atoms with van der Waals surface area (Å²) in [4.78, 5) is 11.5. The molecule has 1 atom stereocenters. The third-order valence-corrected chi connectivity index (χ3v) is 2.56. The van der Waals surface area contributed by atoms with Crippen LogP contribution in [0.2, 0.25) is 0 Å². The van der Waals surface area contributed by atoms with Crippen molar-refractivity contribution in [3.8, 4) is 0 Å². The summed E-state index contributed by atoms with van der Waals surface area (Å²) >= 11 is 0. The highest BCUT2D eigenvalue weighted by molar-refractivity contribution is 5.80. The molecule has 0 radical (unpaired) electrons. The van der Waals surface area contributed by atoms with Crippen LogP contribution in [0, 0.1) is 0 Å². The zero-order chi connectivity index (χ0) is 10.4. The first-order valence-electron chi connectivity index (χ1n) is 5.36. The van der Waals surface area contributed by atoms with Crippen molar-refractivity contribution < 1.29 is 9.53 Å². The van der Waals surface area contributed by atoms with Crippen LogP contribution < -0.4 is 11.1 Å². The average molecular weight is 200 g/mol. The molecule has 0 aromatic carbocycles. The maximum absolute atomic E-state index is 11.5. The summed E-state index contributed by atoms with van der Waals surface area (Å²) in [6, 6.07) is 0.367. The summed E-state index contributed by atoms with van der Waals surface area (Å²) in [6.07, 6.45) is 4.29. The molecular weight excluding hydrogens is 180 g/mol. The molecule has 1 amide bonds. The molecule has 0 saturated heterocycles. The van der Waals surface area contributed by atoms with Gasteiger partial charge in [0.25, 0.3) is 0 Å². The van der Waals surface area contributed by atoms with Gasteiger partial charge in [-0.25, -0.2) is 0 Å². The van der Waals surface area contributed by atoms with Gasteiger partial charge in [-0.1, -0.05) is 12.8 Å². The van der Waals surface area contributed by atoms with Crippen molar-refractivity contribution in [1.29, 1.82) is 0 Å². The maximum Gasteiger partial charge on any atom is 0.249 e. The van der Waals surface area contributed by atoms with Gasteiger partial charge >= 0.3 is 0 Å². The van der Waals surface area contributed by atoms with Gasteiger partial charge in [0.05, 0.1) is 6.61 Å². The number of amides is 1. The highest BCUT2D eigenvalue weighted by atomic mass is 16.5. The van der Waals surface area contributed by atoms with Gasteiger partial charge in [-0.3, -0.25) is 4.79 Å². The van der Waals surface area contributed by atoms with Crippen molar-refractivity contribution in [3.63, 3.8) is 0 Å². The van der Waals surface area contributed by atoms with Gasteiger partial charge in [0, 0.05) is 12.6 Å². The molecule has 1 aliphatic rings. The molecule has 0 aliphatic heterocycles. The summed E-state index contributed by atoms with van der Waals surface area (Å²) in [6.45, 7) is 2.67. The van der Waals surface area contributed by atoms with E-state index in [1.165, 1.54) is 12.8 Å². The summed E-state index contributed by atoms with van der Waals surface area (Å²) in [5, 5.41) is 2.98. The first kappa shape index (κ1) is 11.5. The van der Waals surface area contributed by atoms with Gasteiger partial charge in [0.1, 0.15) is 6.10 Å². The number of hydrogen-bond acceptors (Lipinski definition) is 3. The van der Waals surface area contributed by atoms with Gasteiger partial charge in [-0.05, 0) is 19.8 Å². The highest BCUT2D eigenvalue weighted by Gasteiger charge is 2.20. The molecule has 1 unspecified atom stereocenters. The van der Waals surface area contributed by atoms with Crippen molar-refractivity contribution in [2.45, 2.75) is 44.8 Å². The fraction of sp³-hybridized carbons (Fsp3) is 0.900. The Morgan fingerprint density at radius 1 is 1.57 bits per heavy atom. The second-order valence-electron chi connectivity index (χ2n) is 3.79. The third kappa shape index (κ3) is 3.64. The minimum Gasteiger partial charge on any atom is -0.367 e. The van der Waals surface area contributed by atoms with Crippen LogP contribution in [0.15, 0.2) is 0 Å². The minimum absolute atomic E-state index is 0.00894. The molecule has 1 fully saturated rings. The van der Waals surface area contributed by atoms with E-state index in [1.54, 1.807) is 6.92 Å². The maximum atomic E-state index is 11.5. The Kier molecular flexibility index (Phi) is 4.90. The van der Waals surface area contributed by atoms with Crippen LogP contribution in [0.25, 0.3) is 0 Å². The topological polar surface area (TPSA) is 64.3 Å². The molecule has 0 spiro atoms. The Hall–Kier alpha value is -0.610. The third-order valence-electron chi connectivity index (χ3n) is 2.56. The number of ether oxygens (including phenoxy) is 1. The van der Waals surface area contributed by atoms with Crippen LogP contribution in [0.5, 0.6) is 0 Å². The van der Waals surface area contributed by atoms with Gasteiger partial charge in [-0.15, -0.1) is 0 Å². The van der Waals surface area contributed by atoms with Gasteiger partial charge in [0.2, 0.25) is 5.91 Å². The first-order valence-corrected chi connectivity index (χ1v) is 5.36. The predicted molar refractivity (Wildman–Crippen MR) is 54.9 cm³/mol. The molecule has 0 bridgehead atoms. The standard InChI is InChI=1S/C10H20N2O2/c1-8(14-7-6-11)10(13)12-9-4-2-3-5-9/h8-9H,2-7,11H2,1H3,(H,12,13). The lowest BCUT2D eigenvalue weighted by molar-refractivity contribution is -0.132. The molecule has 0 aromatic heterocycles. The molecule has 1 aliphatic carbocycles. The van der Waals surface area contributed by atoms with E-state index in [1.807, 2.05) is 0 Å². The highest BCUT2D eigenvalue weighted by Crippen LogP contribution is 2.17. The van der Waals surface area contributed by atoms with E-state index in [4.69, 9.17) is 10.5 Å². The van der Waals surface area contributed by atoms with Crippen LogP contribution >= 0.6 is 0 Å². The largest absolute Gasteiger partial charge is 0.367 e. The van der Waals surface area contributed by atoms with Crippen LogP contribution in [0.1, 0.15) is 32.6 Å². The molecular formula is C10H20N2O2. The van der Waals surface area contributed by atoms with E-state index in [0.717, 1.165) is 12.8 Å². The van der Waals surface area contributed by atoms with Crippen molar-refractivity contribution in [1.82, 2.24) is 5.32 Å². The van der Waals surface area contributed by atoms with Crippen molar-refractivity contribution in [2.24, 2.45) is 5.73 Å². The molecule has 0 aromatic rings. The first-order chi connectivity index (χ1) is 6.74. The van der Waals surface area contributed by atoms with E-state index < -0.39 is 0 Å². The van der Waals surface area contributed by atoms with Crippen molar-refractivity contribution in [3.05, 3.63) is 0 Å². The fourth-order valence-corrected chi connectivity index (χ4v) is 1.71. The Balaban J connectivity index is 2.18. The minimum atomic E-state index is -0.376. The average Bonchev–Trinajstić information content (AvgIpc) is 2.66. The lowest BCUT2D eigenvalue weighted by Crippen LogP contribution is -2.40. The molecule has 1 saturated carbocycles. The molecule has 4 heteroatoms. The number of rotatable bonds is 5. The van der Waals surface area contributed by atoms with Crippen LogP contribution in [0.4, 0.5) is 0 Å². The lowest BCUT2D eigenvalue weighted by Gasteiger charge is -2.16. The number of nitrogens with two attached hydrogens (primary N) is 1. The Labute approximate surface area is 85.2 Å².